The van der Waals surface area contributed by atoms with Gasteiger partial charge < -0.3 is 15.0 Å². The average Bonchev–Trinajstić information content (AvgIpc) is 2.69. The van der Waals surface area contributed by atoms with E-state index < -0.39 is 0 Å². The van der Waals surface area contributed by atoms with Crippen molar-refractivity contribution in [2.75, 3.05) is 40.4 Å². The van der Waals surface area contributed by atoms with Crippen LogP contribution in [0.1, 0.15) is 25.7 Å². The van der Waals surface area contributed by atoms with Gasteiger partial charge >= 0.3 is 0 Å². The number of rotatable bonds is 4. The number of likely N-dealkylation sites (N-methyl/N-ethyl adjacent to an activating group) is 1. The highest BCUT2D eigenvalue weighted by Gasteiger charge is 2.48. The zero-order chi connectivity index (χ0) is 12.3. The van der Waals surface area contributed by atoms with E-state index in [2.05, 4.69) is 5.32 Å². The number of nitrogens with zero attached hydrogens (tertiary/aromatic N) is 1. The molecular weight excluding hydrogens is 216 g/mol. The van der Waals surface area contributed by atoms with E-state index >= 15 is 0 Å². The molecule has 4 nitrogen and oxygen atoms in total. The lowest BCUT2D eigenvalue weighted by molar-refractivity contribution is -0.129. The first-order valence-electron chi connectivity index (χ1n) is 6.63. The lowest BCUT2D eigenvalue weighted by Crippen LogP contribution is -2.39. The van der Waals surface area contributed by atoms with Gasteiger partial charge in [-0.3, -0.25) is 4.79 Å². The molecule has 2 unspecified atom stereocenters. The van der Waals surface area contributed by atoms with Crippen molar-refractivity contribution in [2.24, 2.45) is 11.3 Å². The summed E-state index contributed by atoms with van der Waals surface area (Å²) in [7, 11) is 3.60. The van der Waals surface area contributed by atoms with Crippen molar-refractivity contribution in [3.63, 3.8) is 0 Å². The number of amides is 1. The van der Waals surface area contributed by atoms with Crippen molar-refractivity contribution in [1.29, 1.82) is 0 Å². The van der Waals surface area contributed by atoms with Crippen molar-refractivity contribution in [1.82, 2.24) is 10.2 Å². The molecule has 1 saturated carbocycles. The maximum absolute atomic E-state index is 12.0. The number of likely N-dealkylation sites (tertiary alicyclic amines) is 1. The molecule has 0 bridgehead atoms. The molecule has 2 aliphatic rings. The molecule has 1 aliphatic heterocycles. The lowest BCUT2D eigenvalue weighted by Gasteiger charge is -2.37. The fourth-order valence-electron chi connectivity index (χ4n) is 3.56. The number of fused-ring (bicyclic) bond motifs is 1. The molecule has 98 valence electrons. The van der Waals surface area contributed by atoms with Crippen LogP contribution in [0, 0.1) is 11.3 Å². The summed E-state index contributed by atoms with van der Waals surface area (Å²) in [5, 5.41) is 2.95. The number of nitrogens with one attached hydrogen (secondary N) is 1. The maximum Gasteiger partial charge on any atom is 0.236 e. The molecule has 1 N–H and O–H groups in total. The Morgan fingerprint density at radius 3 is 3.06 bits per heavy atom. The Morgan fingerprint density at radius 1 is 1.53 bits per heavy atom. The molecule has 0 aromatic rings. The van der Waals surface area contributed by atoms with Crippen LogP contribution in [0.4, 0.5) is 0 Å². The SMILES string of the molecule is CNCC(=O)N1CC2CCCCC2(COC)C1. The second-order valence-electron chi connectivity index (χ2n) is 5.54. The van der Waals surface area contributed by atoms with Crippen LogP contribution in [0.3, 0.4) is 0 Å². The second-order valence-corrected chi connectivity index (χ2v) is 5.54. The molecule has 2 fully saturated rings. The Balaban J connectivity index is 2.05. The highest BCUT2D eigenvalue weighted by atomic mass is 16.5. The molecule has 4 heteroatoms. The molecule has 1 aliphatic carbocycles. The molecule has 2 rings (SSSR count). The van der Waals surface area contributed by atoms with Crippen molar-refractivity contribution in [3.05, 3.63) is 0 Å². The highest BCUT2D eigenvalue weighted by molar-refractivity contribution is 5.78. The topological polar surface area (TPSA) is 41.6 Å². The van der Waals surface area contributed by atoms with E-state index in [9.17, 15) is 4.79 Å². The fraction of sp³-hybridized carbons (Fsp3) is 0.923. The molecule has 1 heterocycles. The Hall–Kier alpha value is -0.610. The van der Waals surface area contributed by atoms with Crippen molar-refractivity contribution >= 4 is 5.91 Å². The van der Waals surface area contributed by atoms with Crippen molar-refractivity contribution < 1.29 is 9.53 Å². The van der Waals surface area contributed by atoms with Gasteiger partial charge in [-0.25, -0.2) is 0 Å². The van der Waals surface area contributed by atoms with Gasteiger partial charge in [0.2, 0.25) is 5.91 Å². The first-order valence-corrected chi connectivity index (χ1v) is 6.63. The van der Waals surface area contributed by atoms with Crippen LogP contribution in [-0.4, -0.2) is 51.2 Å². The van der Waals surface area contributed by atoms with Crippen molar-refractivity contribution in [3.8, 4) is 0 Å². The lowest BCUT2D eigenvalue weighted by atomic mass is 9.69. The molecule has 0 spiro atoms. The number of hydrogen-bond donors (Lipinski definition) is 1. The summed E-state index contributed by atoms with van der Waals surface area (Å²) < 4.78 is 5.42. The zero-order valence-electron chi connectivity index (χ0n) is 11.0. The molecule has 2 atom stereocenters. The first kappa shape index (κ1) is 12.8. The van der Waals surface area contributed by atoms with E-state index in [-0.39, 0.29) is 11.3 Å². The third kappa shape index (κ3) is 2.47. The largest absolute Gasteiger partial charge is 0.384 e. The maximum atomic E-state index is 12.0. The van der Waals surface area contributed by atoms with Gasteiger partial charge in [-0.1, -0.05) is 12.8 Å². The van der Waals surface area contributed by atoms with Crippen LogP contribution in [0.25, 0.3) is 0 Å². The van der Waals surface area contributed by atoms with Crippen LogP contribution in [0.15, 0.2) is 0 Å². The van der Waals surface area contributed by atoms with Gasteiger partial charge in [-0.15, -0.1) is 0 Å². The van der Waals surface area contributed by atoms with Gasteiger partial charge in [0, 0.05) is 25.6 Å². The zero-order valence-corrected chi connectivity index (χ0v) is 11.0. The third-order valence-electron chi connectivity index (χ3n) is 4.40. The molecule has 0 aromatic carbocycles. The minimum absolute atomic E-state index is 0.234. The van der Waals surface area contributed by atoms with E-state index in [0.717, 1.165) is 19.7 Å². The summed E-state index contributed by atoms with van der Waals surface area (Å²) >= 11 is 0. The van der Waals surface area contributed by atoms with Gasteiger partial charge in [0.1, 0.15) is 0 Å². The van der Waals surface area contributed by atoms with E-state index in [1.54, 1.807) is 7.11 Å². The number of methoxy groups -OCH3 is 1. The van der Waals surface area contributed by atoms with Crippen LogP contribution >= 0.6 is 0 Å². The van der Waals surface area contributed by atoms with Crippen LogP contribution in [0.2, 0.25) is 0 Å². The molecule has 0 radical (unpaired) electrons. The summed E-state index contributed by atoms with van der Waals surface area (Å²) in [6.07, 6.45) is 5.07. The number of hydrogen-bond acceptors (Lipinski definition) is 3. The molecule has 0 aromatic heterocycles. The Bertz CT molecular complexity index is 279. The summed E-state index contributed by atoms with van der Waals surface area (Å²) in [5.41, 5.74) is 0.246. The number of ether oxygens (including phenoxy) is 1. The molecule has 1 saturated heterocycles. The first-order chi connectivity index (χ1) is 8.22. The monoisotopic (exact) mass is 240 g/mol. The van der Waals surface area contributed by atoms with E-state index in [0.29, 0.717) is 12.5 Å². The molecule has 1 amide bonds. The fourth-order valence-corrected chi connectivity index (χ4v) is 3.56. The Kier molecular flexibility index (Phi) is 4.05. The molecule has 17 heavy (non-hydrogen) atoms. The van der Waals surface area contributed by atoms with Gasteiger partial charge in [-0.2, -0.15) is 0 Å². The minimum Gasteiger partial charge on any atom is -0.384 e. The summed E-state index contributed by atoms with van der Waals surface area (Å²) in [4.78, 5) is 14.0. The standard InChI is InChI=1S/C13H24N2O2/c1-14-7-12(16)15-8-11-5-3-4-6-13(11,9-15)10-17-2/h11,14H,3-10H2,1-2H3. The van der Waals surface area contributed by atoms with Crippen LogP contribution < -0.4 is 5.32 Å². The summed E-state index contributed by atoms with van der Waals surface area (Å²) in [6.45, 7) is 3.09. The predicted octanol–water partition coefficient (Wildman–Crippen LogP) is 0.871. The van der Waals surface area contributed by atoms with Gasteiger partial charge in [0.25, 0.3) is 0 Å². The summed E-state index contributed by atoms with van der Waals surface area (Å²) in [5.74, 6) is 0.884. The van der Waals surface area contributed by atoms with Gasteiger partial charge in [-0.05, 0) is 25.8 Å². The van der Waals surface area contributed by atoms with E-state index in [4.69, 9.17) is 4.74 Å². The number of carbonyl (C=O) groups is 1. The number of carbonyl (C=O) groups excluding carboxylic acids is 1. The highest BCUT2D eigenvalue weighted by Crippen LogP contribution is 2.46. The van der Waals surface area contributed by atoms with E-state index in [1.807, 2.05) is 11.9 Å². The third-order valence-corrected chi connectivity index (χ3v) is 4.40. The van der Waals surface area contributed by atoms with Crippen LogP contribution in [-0.2, 0) is 9.53 Å². The Labute approximate surface area is 104 Å². The summed E-state index contributed by atoms with van der Waals surface area (Å²) in [6, 6.07) is 0. The molecular formula is C13H24N2O2. The minimum atomic E-state index is 0.234. The van der Waals surface area contributed by atoms with Crippen LogP contribution in [0.5, 0.6) is 0 Å². The Morgan fingerprint density at radius 2 is 2.35 bits per heavy atom. The normalized spacial score (nSPS) is 32.6. The quantitative estimate of drug-likeness (QED) is 0.793. The smallest absolute Gasteiger partial charge is 0.236 e. The predicted molar refractivity (Wildman–Crippen MR) is 66.8 cm³/mol. The van der Waals surface area contributed by atoms with E-state index in [1.165, 1.54) is 25.7 Å². The van der Waals surface area contributed by atoms with Gasteiger partial charge in [0.15, 0.2) is 0 Å². The second kappa shape index (κ2) is 5.36. The van der Waals surface area contributed by atoms with Crippen molar-refractivity contribution in [2.45, 2.75) is 25.7 Å². The average molecular weight is 240 g/mol. The van der Waals surface area contributed by atoms with Gasteiger partial charge in [0.05, 0.1) is 13.2 Å².